The van der Waals surface area contributed by atoms with Crippen molar-refractivity contribution in [3.63, 3.8) is 0 Å². The summed E-state index contributed by atoms with van der Waals surface area (Å²) >= 11 is 0. The second-order valence-corrected chi connectivity index (χ2v) is 10.6. The van der Waals surface area contributed by atoms with Gasteiger partial charge in [-0.1, -0.05) is 26.0 Å². The Balaban J connectivity index is 1.50. The molecule has 1 N–H and O–H groups in total. The highest BCUT2D eigenvalue weighted by molar-refractivity contribution is 5.93. The lowest BCUT2D eigenvalue weighted by molar-refractivity contribution is -0.137. The lowest BCUT2D eigenvalue weighted by Gasteiger charge is -2.43. The lowest BCUT2D eigenvalue weighted by atomic mass is 9.82. The molecule has 1 aliphatic heterocycles. The molecule has 35 heavy (non-hydrogen) atoms. The fraction of sp³-hybridized carbons (Fsp3) is 0.615. The van der Waals surface area contributed by atoms with Gasteiger partial charge in [0.25, 0.3) is 5.91 Å². The van der Waals surface area contributed by atoms with E-state index in [1.807, 2.05) is 4.68 Å². The Hall–Kier alpha value is -2.39. The highest BCUT2D eigenvalue weighted by Gasteiger charge is 2.40. The van der Waals surface area contributed by atoms with Crippen molar-refractivity contribution in [3.05, 3.63) is 52.3 Å². The van der Waals surface area contributed by atoms with Gasteiger partial charge in [-0.3, -0.25) is 14.4 Å². The first-order valence-corrected chi connectivity index (χ1v) is 12.3. The van der Waals surface area contributed by atoms with Crippen LogP contribution in [-0.2, 0) is 31.2 Å². The van der Waals surface area contributed by atoms with Gasteiger partial charge in [0.15, 0.2) is 5.69 Å². The summed E-state index contributed by atoms with van der Waals surface area (Å²) in [5.74, 6) is 0.316. The van der Waals surface area contributed by atoms with Gasteiger partial charge in [-0.25, -0.2) is 0 Å². The van der Waals surface area contributed by atoms with E-state index in [-0.39, 0.29) is 11.9 Å². The van der Waals surface area contributed by atoms with Gasteiger partial charge < -0.3 is 10.0 Å². The van der Waals surface area contributed by atoms with E-state index in [9.17, 15) is 23.1 Å². The van der Waals surface area contributed by atoms with Crippen molar-refractivity contribution in [2.75, 3.05) is 27.2 Å². The molecule has 2 aliphatic rings. The summed E-state index contributed by atoms with van der Waals surface area (Å²) in [6.07, 6.45) is -1.23. The Labute approximate surface area is 204 Å². The Bertz CT molecular complexity index is 1070. The summed E-state index contributed by atoms with van der Waals surface area (Å²) in [4.78, 5) is 16.7. The molecule has 0 bridgehead atoms. The van der Waals surface area contributed by atoms with Crippen LogP contribution in [0.3, 0.4) is 0 Å². The Morgan fingerprint density at radius 3 is 2.54 bits per heavy atom. The normalized spacial score (nSPS) is 20.7. The van der Waals surface area contributed by atoms with Crippen LogP contribution in [0.2, 0.25) is 0 Å². The predicted octanol–water partition coefficient (Wildman–Crippen LogP) is 4.10. The smallest absolute Gasteiger partial charge is 0.385 e. The molecule has 1 aliphatic carbocycles. The van der Waals surface area contributed by atoms with Crippen molar-refractivity contribution < 1.29 is 23.1 Å². The minimum atomic E-state index is -4.44. The van der Waals surface area contributed by atoms with Crippen molar-refractivity contribution in [2.24, 2.45) is 5.92 Å². The van der Waals surface area contributed by atoms with Crippen LogP contribution in [0.25, 0.3) is 0 Å². The van der Waals surface area contributed by atoms with Crippen LogP contribution in [-0.4, -0.2) is 63.8 Å². The van der Waals surface area contributed by atoms with Gasteiger partial charge in [0, 0.05) is 51.0 Å². The third kappa shape index (κ3) is 5.26. The standard InChI is InChI=1S/C26H35F3N4O2/c1-17(2)16-33-22-9-8-20(15-21(22)23(30-33)24(34)31(3)4)32-12-10-25(35,11-13-32)18-6-5-7-19(14-18)26(27,28)29/h5-7,14,17,20,35H,8-13,15-16H2,1-4H3/t20-/m1/s1. The number of fused-ring (bicyclic) bond motifs is 1. The molecule has 0 unspecified atom stereocenters. The number of alkyl halides is 3. The van der Waals surface area contributed by atoms with Gasteiger partial charge in [0.2, 0.25) is 0 Å². The number of hydrogen-bond donors (Lipinski definition) is 1. The second kappa shape index (κ2) is 9.58. The predicted molar refractivity (Wildman–Crippen MR) is 127 cm³/mol. The third-order valence-electron chi connectivity index (χ3n) is 7.34. The Morgan fingerprint density at radius 1 is 1.26 bits per heavy atom. The fourth-order valence-corrected chi connectivity index (χ4v) is 5.39. The molecule has 9 heteroatoms. The van der Waals surface area contributed by atoms with Crippen LogP contribution in [0.5, 0.6) is 0 Å². The lowest BCUT2D eigenvalue weighted by Crippen LogP contribution is -2.48. The van der Waals surface area contributed by atoms with Crippen LogP contribution in [0.15, 0.2) is 24.3 Å². The first kappa shape index (κ1) is 25.7. The summed E-state index contributed by atoms with van der Waals surface area (Å²) in [6.45, 7) is 6.20. The number of rotatable bonds is 5. The largest absolute Gasteiger partial charge is 0.416 e. The monoisotopic (exact) mass is 492 g/mol. The number of carbonyl (C=O) groups is 1. The van der Waals surface area contributed by atoms with Crippen LogP contribution >= 0.6 is 0 Å². The van der Waals surface area contributed by atoms with Gasteiger partial charge in [-0.15, -0.1) is 0 Å². The topological polar surface area (TPSA) is 61.6 Å². The number of aliphatic hydroxyl groups is 1. The van der Waals surface area contributed by atoms with E-state index in [0.717, 1.165) is 42.8 Å². The maximum Gasteiger partial charge on any atom is 0.416 e. The number of benzene rings is 1. The SMILES string of the molecule is CC(C)Cn1nc(C(=O)N(C)C)c2c1CC[C@@H](N1CCC(O)(c3cccc(C(F)(F)F)c3)CC1)C2. The summed E-state index contributed by atoms with van der Waals surface area (Å²) in [5, 5.41) is 15.9. The fourth-order valence-electron chi connectivity index (χ4n) is 5.39. The minimum Gasteiger partial charge on any atom is -0.385 e. The number of aromatic nitrogens is 2. The van der Waals surface area contributed by atoms with Crippen molar-refractivity contribution in [1.29, 1.82) is 0 Å². The quantitative estimate of drug-likeness (QED) is 0.683. The molecule has 2 aromatic rings. The summed E-state index contributed by atoms with van der Waals surface area (Å²) < 4.78 is 41.5. The van der Waals surface area contributed by atoms with E-state index in [4.69, 9.17) is 5.10 Å². The van der Waals surface area contributed by atoms with Crippen LogP contribution in [0, 0.1) is 5.92 Å². The molecule has 1 atom stereocenters. The number of halogens is 3. The molecule has 1 aromatic heterocycles. The van der Waals surface area contributed by atoms with Gasteiger partial charge in [0.1, 0.15) is 0 Å². The molecule has 2 heterocycles. The zero-order valence-electron chi connectivity index (χ0n) is 20.9. The molecule has 1 saturated heterocycles. The third-order valence-corrected chi connectivity index (χ3v) is 7.34. The maximum atomic E-state index is 13.2. The molecule has 6 nitrogen and oxygen atoms in total. The van der Waals surface area contributed by atoms with Gasteiger partial charge >= 0.3 is 6.18 Å². The number of amides is 1. The zero-order chi connectivity index (χ0) is 25.5. The highest BCUT2D eigenvalue weighted by atomic mass is 19.4. The molecule has 0 spiro atoms. The molecule has 1 amide bonds. The van der Waals surface area contributed by atoms with Gasteiger partial charge in [0.05, 0.1) is 11.2 Å². The minimum absolute atomic E-state index is 0.0954. The Morgan fingerprint density at radius 2 is 1.94 bits per heavy atom. The number of carbonyl (C=O) groups excluding carboxylic acids is 1. The highest BCUT2D eigenvalue weighted by Crippen LogP contribution is 2.38. The van der Waals surface area contributed by atoms with Crippen LogP contribution < -0.4 is 0 Å². The Kier molecular flexibility index (Phi) is 7.03. The van der Waals surface area contributed by atoms with Gasteiger partial charge in [-0.2, -0.15) is 18.3 Å². The average Bonchev–Trinajstić information content (AvgIpc) is 3.15. The number of nitrogens with zero attached hydrogens (tertiary/aromatic N) is 4. The van der Waals surface area contributed by atoms with Crippen molar-refractivity contribution in [1.82, 2.24) is 19.6 Å². The molecular weight excluding hydrogens is 457 g/mol. The maximum absolute atomic E-state index is 13.2. The van der Waals surface area contributed by atoms with Crippen molar-refractivity contribution in [3.8, 4) is 0 Å². The molecular formula is C26H35F3N4O2. The summed E-state index contributed by atoms with van der Waals surface area (Å²) in [7, 11) is 3.46. The second-order valence-electron chi connectivity index (χ2n) is 10.6. The zero-order valence-corrected chi connectivity index (χ0v) is 20.9. The van der Waals surface area contributed by atoms with E-state index in [1.165, 1.54) is 6.07 Å². The van der Waals surface area contributed by atoms with E-state index < -0.39 is 17.3 Å². The first-order chi connectivity index (χ1) is 16.4. The molecule has 192 valence electrons. The van der Waals surface area contributed by atoms with Crippen molar-refractivity contribution in [2.45, 2.75) is 70.3 Å². The van der Waals surface area contributed by atoms with Gasteiger partial charge in [-0.05, 0) is 55.7 Å². The average molecular weight is 493 g/mol. The molecule has 1 fully saturated rings. The van der Waals surface area contributed by atoms with Crippen LogP contribution in [0.1, 0.15) is 66.0 Å². The first-order valence-electron chi connectivity index (χ1n) is 12.3. The van der Waals surface area contributed by atoms with E-state index in [1.54, 1.807) is 25.1 Å². The molecule has 0 saturated carbocycles. The van der Waals surface area contributed by atoms with E-state index >= 15 is 0 Å². The molecule has 0 radical (unpaired) electrons. The summed E-state index contributed by atoms with van der Waals surface area (Å²) in [5.41, 5.74) is 0.991. The molecule has 4 rings (SSSR count). The summed E-state index contributed by atoms with van der Waals surface area (Å²) in [6, 6.07) is 5.26. The number of hydrogen-bond acceptors (Lipinski definition) is 4. The van der Waals surface area contributed by atoms with E-state index in [0.29, 0.717) is 49.5 Å². The molecule has 1 aromatic carbocycles. The number of likely N-dealkylation sites (tertiary alicyclic amines) is 1. The van der Waals surface area contributed by atoms with Crippen LogP contribution in [0.4, 0.5) is 13.2 Å². The van der Waals surface area contributed by atoms with Crippen molar-refractivity contribution >= 4 is 5.91 Å². The number of piperidine rings is 1. The van der Waals surface area contributed by atoms with E-state index in [2.05, 4.69) is 18.7 Å².